The third kappa shape index (κ3) is 3.11. The van der Waals surface area contributed by atoms with E-state index in [4.69, 9.17) is 6.57 Å². The molecule has 3 nitrogen and oxygen atoms in total. The summed E-state index contributed by atoms with van der Waals surface area (Å²) in [6, 6.07) is 48.9. The van der Waals surface area contributed by atoms with E-state index < -0.39 is 0 Å². The molecule has 40 heavy (non-hydrogen) atoms. The molecular formula is C37H23N3. The number of nitrogens with zero attached hydrogens (tertiary/aromatic N) is 3. The summed E-state index contributed by atoms with van der Waals surface area (Å²) in [6.45, 7) is 7.91. The third-order valence-electron chi connectivity index (χ3n) is 7.95. The Hall–Kier alpha value is -5.59. The van der Waals surface area contributed by atoms with Gasteiger partial charge in [-0.05, 0) is 30.3 Å². The second kappa shape index (κ2) is 8.73. The fourth-order valence-corrected chi connectivity index (χ4v) is 6.31. The molecule has 0 saturated heterocycles. The van der Waals surface area contributed by atoms with Crippen molar-refractivity contribution in [1.29, 1.82) is 0 Å². The summed E-state index contributed by atoms with van der Waals surface area (Å²) in [7, 11) is 0. The highest BCUT2D eigenvalue weighted by molar-refractivity contribution is 6.15. The molecule has 3 heteroatoms. The second-order valence-corrected chi connectivity index (χ2v) is 10.0. The fraction of sp³-hybridized carbons (Fsp3) is 0. The average Bonchev–Trinajstić information content (AvgIpc) is 3.54. The molecule has 0 aliphatic rings. The topological polar surface area (TPSA) is 14.2 Å². The van der Waals surface area contributed by atoms with E-state index >= 15 is 0 Å². The second-order valence-electron chi connectivity index (χ2n) is 10.0. The lowest BCUT2D eigenvalue weighted by molar-refractivity contribution is 1.17. The first-order valence-electron chi connectivity index (χ1n) is 13.4. The molecule has 2 heterocycles. The first kappa shape index (κ1) is 22.4. The van der Waals surface area contributed by atoms with E-state index in [9.17, 15) is 0 Å². The molecule has 186 valence electrons. The number of aromatic nitrogens is 2. The molecule has 0 fully saturated rings. The minimum absolute atomic E-state index is 0.635. The Labute approximate surface area is 231 Å². The van der Waals surface area contributed by atoms with Gasteiger partial charge in [0.1, 0.15) is 0 Å². The van der Waals surface area contributed by atoms with Crippen LogP contribution >= 0.6 is 0 Å². The predicted octanol–water partition coefficient (Wildman–Crippen LogP) is 10.1. The molecule has 0 saturated carbocycles. The van der Waals surface area contributed by atoms with Gasteiger partial charge in [-0.15, -0.1) is 0 Å². The van der Waals surface area contributed by atoms with E-state index in [-0.39, 0.29) is 0 Å². The van der Waals surface area contributed by atoms with Gasteiger partial charge < -0.3 is 9.13 Å². The van der Waals surface area contributed by atoms with Crippen molar-refractivity contribution in [3.8, 4) is 22.5 Å². The lowest BCUT2D eigenvalue weighted by atomic mass is 10.00. The number of para-hydroxylation sites is 7. The molecule has 8 rings (SSSR count). The minimum Gasteiger partial charge on any atom is -0.318 e. The molecule has 0 aliphatic heterocycles. The van der Waals surface area contributed by atoms with E-state index in [1.54, 1.807) is 0 Å². The van der Waals surface area contributed by atoms with Crippen molar-refractivity contribution in [2.75, 3.05) is 0 Å². The van der Waals surface area contributed by atoms with Gasteiger partial charge in [0.2, 0.25) is 5.69 Å². The van der Waals surface area contributed by atoms with E-state index in [0.717, 1.165) is 33.5 Å². The van der Waals surface area contributed by atoms with Crippen molar-refractivity contribution in [1.82, 2.24) is 9.13 Å². The number of hydrogen-bond acceptors (Lipinski definition) is 0. The summed E-state index contributed by atoms with van der Waals surface area (Å²) >= 11 is 0. The molecular weight excluding hydrogens is 486 g/mol. The van der Waals surface area contributed by atoms with Gasteiger partial charge in [-0.3, -0.25) is 0 Å². The number of hydrogen-bond donors (Lipinski definition) is 0. The van der Waals surface area contributed by atoms with Crippen LogP contribution in [0.5, 0.6) is 0 Å². The zero-order chi connectivity index (χ0) is 26.6. The summed E-state index contributed by atoms with van der Waals surface area (Å²) in [5.74, 6) is 0. The summed E-state index contributed by atoms with van der Waals surface area (Å²) in [5.41, 5.74) is 9.49. The van der Waals surface area contributed by atoms with Crippen molar-refractivity contribution < 1.29 is 0 Å². The molecule has 0 amide bonds. The van der Waals surface area contributed by atoms with Crippen LogP contribution in [0.15, 0.2) is 140 Å². The van der Waals surface area contributed by atoms with E-state index in [2.05, 4.69) is 135 Å². The zero-order valence-electron chi connectivity index (χ0n) is 21.6. The molecule has 0 unspecified atom stereocenters. The first-order valence-corrected chi connectivity index (χ1v) is 13.4. The Morgan fingerprint density at radius 3 is 1.55 bits per heavy atom. The predicted molar refractivity (Wildman–Crippen MR) is 167 cm³/mol. The van der Waals surface area contributed by atoms with Gasteiger partial charge in [-0.1, -0.05) is 109 Å². The zero-order valence-corrected chi connectivity index (χ0v) is 21.6. The van der Waals surface area contributed by atoms with Crippen LogP contribution in [0.1, 0.15) is 0 Å². The van der Waals surface area contributed by atoms with Crippen LogP contribution in [0.2, 0.25) is 0 Å². The molecule has 8 aromatic rings. The Balaban J connectivity index is 1.53. The molecule has 0 spiro atoms. The maximum atomic E-state index is 7.91. The monoisotopic (exact) mass is 509 g/mol. The first-order chi connectivity index (χ1) is 19.8. The average molecular weight is 510 g/mol. The molecule has 2 aromatic heterocycles. The van der Waals surface area contributed by atoms with E-state index in [0.29, 0.717) is 5.69 Å². The van der Waals surface area contributed by atoms with Crippen LogP contribution in [-0.4, -0.2) is 9.13 Å². The fourth-order valence-electron chi connectivity index (χ4n) is 6.31. The van der Waals surface area contributed by atoms with Crippen molar-refractivity contribution in [2.24, 2.45) is 0 Å². The summed E-state index contributed by atoms with van der Waals surface area (Å²) in [5, 5.41) is 4.83. The maximum absolute atomic E-state index is 7.91. The molecule has 0 atom stereocenters. The van der Waals surface area contributed by atoms with Crippen LogP contribution in [-0.2, 0) is 0 Å². The number of fused-ring (bicyclic) bond motifs is 6. The van der Waals surface area contributed by atoms with Crippen LogP contribution in [0.3, 0.4) is 0 Å². The highest BCUT2D eigenvalue weighted by Crippen LogP contribution is 2.42. The quantitative estimate of drug-likeness (QED) is 0.210. The standard InChI is InChI=1S/C37H23N3/c1-38-31-19-6-11-24-36(31)40-35-23-10-5-16-28(35)30-18-12-17-29(37(30)40)27-15-4-9-22-34(27)39-32-20-7-2-13-25(32)26-14-3-8-21-33(26)39/h2-24H. The van der Waals surface area contributed by atoms with Gasteiger partial charge >= 0.3 is 0 Å². The summed E-state index contributed by atoms with van der Waals surface area (Å²) in [6.07, 6.45) is 0. The highest BCUT2D eigenvalue weighted by Gasteiger charge is 2.21. The van der Waals surface area contributed by atoms with Gasteiger partial charge in [0.05, 0.1) is 40.0 Å². The van der Waals surface area contributed by atoms with Crippen LogP contribution < -0.4 is 0 Å². The molecule has 0 radical (unpaired) electrons. The molecule has 0 aliphatic carbocycles. The van der Waals surface area contributed by atoms with E-state index in [1.165, 1.54) is 32.6 Å². The van der Waals surface area contributed by atoms with Gasteiger partial charge in [0.15, 0.2) is 0 Å². The number of benzene rings is 6. The normalized spacial score (nSPS) is 11.5. The lowest BCUT2D eigenvalue weighted by Gasteiger charge is -2.17. The van der Waals surface area contributed by atoms with Crippen molar-refractivity contribution in [3.05, 3.63) is 151 Å². The third-order valence-corrected chi connectivity index (χ3v) is 7.95. The van der Waals surface area contributed by atoms with Gasteiger partial charge in [0, 0.05) is 32.7 Å². The largest absolute Gasteiger partial charge is 0.318 e. The van der Waals surface area contributed by atoms with Crippen LogP contribution in [0.4, 0.5) is 5.69 Å². The van der Waals surface area contributed by atoms with Crippen LogP contribution in [0, 0.1) is 6.57 Å². The van der Waals surface area contributed by atoms with Crippen molar-refractivity contribution in [3.63, 3.8) is 0 Å². The lowest BCUT2D eigenvalue weighted by Crippen LogP contribution is -1.99. The summed E-state index contributed by atoms with van der Waals surface area (Å²) in [4.78, 5) is 3.89. The van der Waals surface area contributed by atoms with Crippen molar-refractivity contribution in [2.45, 2.75) is 0 Å². The molecule has 0 bridgehead atoms. The number of rotatable bonds is 3. The Kier molecular flexibility index (Phi) is 4.89. The molecule has 6 aromatic carbocycles. The van der Waals surface area contributed by atoms with Gasteiger partial charge in [-0.2, -0.15) is 0 Å². The summed E-state index contributed by atoms with van der Waals surface area (Å²) < 4.78 is 4.66. The smallest absolute Gasteiger partial charge is 0.210 e. The maximum Gasteiger partial charge on any atom is 0.210 e. The Morgan fingerprint density at radius 1 is 0.400 bits per heavy atom. The Bertz CT molecular complexity index is 2240. The highest BCUT2D eigenvalue weighted by atomic mass is 15.0. The Morgan fingerprint density at radius 2 is 0.875 bits per heavy atom. The van der Waals surface area contributed by atoms with Crippen molar-refractivity contribution >= 4 is 49.3 Å². The van der Waals surface area contributed by atoms with Gasteiger partial charge in [0.25, 0.3) is 0 Å². The van der Waals surface area contributed by atoms with E-state index in [1.807, 2.05) is 18.2 Å². The minimum atomic E-state index is 0.635. The van der Waals surface area contributed by atoms with Gasteiger partial charge in [-0.25, -0.2) is 4.85 Å². The molecule has 0 N–H and O–H groups in total. The SMILES string of the molecule is [C-]#[N+]c1ccccc1-n1c2ccccc2c2cccc(-c3ccccc3-n3c4ccccc4c4ccccc43)c21. The van der Waals surface area contributed by atoms with Crippen LogP contribution in [0.25, 0.3) is 71.0 Å².